The van der Waals surface area contributed by atoms with Crippen LogP contribution in [0.3, 0.4) is 0 Å². The lowest BCUT2D eigenvalue weighted by Crippen LogP contribution is -2.43. The molecule has 164 valence electrons. The highest BCUT2D eigenvalue weighted by molar-refractivity contribution is 6.08. The van der Waals surface area contributed by atoms with E-state index in [1.165, 1.54) is 0 Å². The van der Waals surface area contributed by atoms with Crippen LogP contribution in [-0.4, -0.2) is 52.9 Å². The second kappa shape index (κ2) is 9.23. The Hall–Kier alpha value is -3.65. The van der Waals surface area contributed by atoms with E-state index in [0.29, 0.717) is 28.2 Å². The topological polar surface area (TPSA) is 87.2 Å². The number of hydrogen-bond acceptors (Lipinski definition) is 5. The van der Waals surface area contributed by atoms with E-state index in [0.717, 1.165) is 31.3 Å². The Labute approximate surface area is 185 Å². The van der Waals surface area contributed by atoms with Gasteiger partial charge in [0, 0.05) is 28.9 Å². The third-order valence-electron chi connectivity index (χ3n) is 5.58. The maximum atomic E-state index is 13.2. The number of aromatic nitrogens is 2. The molecular formula is C24H24FN5O2. The molecule has 3 aromatic rings. The van der Waals surface area contributed by atoms with Gasteiger partial charge in [-0.2, -0.15) is 0 Å². The number of rotatable bonds is 5. The van der Waals surface area contributed by atoms with Gasteiger partial charge in [-0.15, -0.1) is 0 Å². The maximum absolute atomic E-state index is 13.2. The first kappa shape index (κ1) is 21.6. The van der Waals surface area contributed by atoms with Crippen molar-refractivity contribution in [1.29, 1.82) is 0 Å². The zero-order valence-electron chi connectivity index (χ0n) is 17.8. The number of benzene rings is 2. The Morgan fingerprint density at radius 1 is 1.16 bits per heavy atom. The van der Waals surface area contributed by atoms with Gasteiger partial charge in [0.1, 0.15) is 5.69 Å². The fourth-order valence-corrected chi connectivity index (χ4v) is 3.75. The molecule has 4 rings (SSSR count). The Bertz CT molecular complexity index is 1190. The van der Waals surface area contributed by atoms with E-state index < -0.39 is 11.7 Å². The van der Waals surface area contributed by atoms with Crippen LogP contribution in [0.4, 0.5) is 10.1 Å². The molecule has 0 radical (unpaired) electrons. The van der Waals surface area contributed by atoms with E-state index in [4.69, 9.17) is 0 Å². The highest BCUT2D eigenvalue weighted by Crippen LogP contribution is 2.28. The molecule has 2 amide bonds. The molecule has 8 heteroatoms. The van der Waals surface area contributed by atoms with Crippen LogP contribution < -0.4 is 10.6 Å². The van der Waals surface area contributed by atoms with Crippen LogP contribution in [0.5, 0.6) is 0 Å². The molecule has 1 aromatic heterocycles. The van der Waals surface area contributed by atoms with Crippen LogP contribution in [0.25, 0.3) is 22.2 Å². The van der Waals surface area contributed by atoms with Crippen molar-refractivity contribution in [2.45, 2.75) is 18.9 Å². The van der Waals surface area contributed by atoms with E-state index in [1.54, 1.807) is 30.5 Å². The summed E-state index contributed by atoms with van der Waals surface area (Å²) in [6.07, 6.45) is 3.37. The van der Waals surface area contributed by atoms with E-state index in [-0.39, 0.29) is 11.9 Å². The number of anilines is 1. The second-order valence-electron chi connectivity index (χ2n) is 7.92. The molecule has 1 fully saturated rings. The number of halogens is 1. The summed E-state index contributed by atoms with van der Waals surface area (Å²) in [4.78, 5) is 35.5. The van der Waals surface area contributed by atoms with Gasteiger partial charge in [-0.1, -0.05) is 30.8 Å². The summed E-state index contributed by atoms with van der Waals surface area (Å²) in [7, 11) is 2.07. The van der Waals surface area contributed by atoms with Crippen molar-refractivity contribution in [2.75, 3.05) is 25.5 Å². The van der Waals surface area contributed by atoms with Crippen molar-refractivity contribution < 1.29 is 14.0 Å². The highest BCUT2D eigenvalue weighted by Gasteiger charge is 2.20. The predicted octanol–water partition coefficient (Wildman–Crippen LogP) is 3.54. The van der Waals surface area contributed by atoms with Crippen LogP contribution in [0.15, 0.2) is 61.1 Å². The molecule has 1 aliphatic rings. The Morgan fingerprint density at radius 2 is 1.94 bits per heavy atom. The molecule has 0 saturated carbocycles. The van der Waals surface area contributed by atoms with Crippen molar-refractivity contribution >= 4 is 28.3 Å². The summed E-state index contributed by atoms with van der Waals surface area (Å²) in [5, 5.41) is 7.13. The van der Waals surface area contributed by atoms with Crippen molar-refractivity contribution in [3.05, 3.63) is 66.8 Å². The molecule has 0 spiro atoms. The smallest absolute Gasteiger partial charge is 0.283 e. The number of hydrogen-bond donors (Lipinski definition) is 2. The van der Waals surface area contributed by atoms with Crippen LogP contribution in [-0.2, 0) is 4.79 Å². The maximum Gasteiger partial charge on any atom is 0.283 e. The van der Waals surface area contributed by atoms with E-state index in [9.17, 15) is 14.0 Å². The molecule has 0 unspecified atom stereocenters. The number of amides is 2. The molecule has 1 saturated heterocycles. The summed E-state index contributed by atoms with van der Waals surface area (Å²) in [6, 6.07) is 12.6. The number of piperidine rings is 1. The van der Waals surface area contributed by atoms with Gasteiger partial charge in [0.05, 0.1) is 0 Å². The van der Waals surface area contributed by atoms with Crippen LogP contribution >= 0.6 is 0 Å². The lowest BCUT2D eigenvalue weighted by atomic mass is 10.0. The molecule has 32 heavy (non-hydrogen) atoms. The van der Waals surface area contributed by atoms with Gasteiger partial charge in [0.15, 0.2) is 11.7 Å². The van der Waals surface area contributed by atoms with Gasteiger partial charge < -0.3 is 15.5 Å². The zero-order valence-corrected chi connectivity index (χ0v) is 17.8. The molecule has 0 bridgehead atoms. The van der Waals surface area contributed by atoms with Gasteiger partial charge in [0.25, 0.3) is 11.8 Å². The molecule has 2 heterocycles. The summed E-state index contributed by atoms with van der Waals surface area (Å²) >= 11 is 0. The average Bonchev–Trinajstić information content (AvgIpc) is 2.80. The van der Waals surface area contributed by atoms with E-state index in [2.05, 4.69) is 39.1 Å². The van der Waals surface area contributed by atoms with Crippen molar-refractivity contribution in [1.82, 2.24) is 20.2 Å². The Kier molecular flexibility index (Phi) is 6.23. The Morgan fingerprint density at radius 3 is 2.69 bits per heavy atom. The number of carbonyl (C=O) groups is 2. The first-order valence-corrected chi connectivity index (χ1v) is 10.4. The zero-order chi connectivity index (χ0) is 22.7. The lowest BCUT2D eigenvalue weighted by Gasteiger charge is -2.29. The molecule has 1 aliphatic heterocycles. The van der Waals surface area contributed by atoms with Crippen molar-refractivity contribution in [2.24, 2.45) is 0 Å². The molecule has 0 aliphatic carbocycles. The largest absolute Gasteiger partial charge is 0.348 e. The normalized spacial score (nSPS) is 14.8. The highest BCUT2D eigenvalue weighted by atomic mass is 19.1. The number of carbonyl (C=O) groups excluding carboxylic acids is 2. The van der Waals surface area contributed by atoms with Crippen molar-refractivity contribution in [3.8, 4) is 11.4 Å². The van der Waals surface area contributed by atoms with Gasteiger partial charge in [-0.3, -0.25) is 9.59 Å². The number of nitrogens with one attached hydrogen (secondary N) is 2. The summed E-state index contributed by atoms with van der Waals surface area (Å²) in [5.41, 5.74) is 1.42. The average molecular weight is 433 g/mol. The van der Waals surface area contributed by atoms with Crippen LogP contribution in [0.1, 0.15) is 23.3 Å². The fraction of sp³-hybridized carbons (Fsp3) is 0.250. The molecular weight excluding hydrogens is 409 g/mol. The first-order valence-electron chi connectivity index (χ1n) is 10.4. The Balaban J connectivity index is 1.59. The lowest BCUT2D eigenvalue weighted by molar-refractivity contribution is -0.114. The van der Waals surface area contributed by atoms with Gasteiger partial charge in [-0.25, -0.2) is 14.4 Å². The number of likely N-dealkylation sites (tertiary alicyclic amines) is 1. The fourth-order valence-electron chi connectivity index (χ4n) is 3.75. The third-order valence-corrected chi connectivity index (χ3v) is 5.58. The minimum atomic E-state index is -1.06. The second-order valence-corrected chi connectivity index (χ2v) is 7.92. The minimum Gasteiger partial charge on any atom is -0.348 e. The predicted molar refractivity (Wildman–Crippen MR) is 122 cm³/mol. The van der Waals surface area contributed by atoms with Gasteiger partial charge >= 0.3 is 0 Å². The first-order chi connectivity index (χ1) is 15.4. The minimum absolute atomic E-state index is 0.134. The summed E-state index contributed by atoms with van der Waals surface area (Å²) in [6.45, 7) is 4.93. The van der Waals surface area contributed by atoms with E-state index >= 15 is 0 Å². The SMILES string of the molecule is C=C(F)C(=O)Nc1cccc2ccc(-c3nccc(C(=O)NC4CCN(C)CC4)n3)cc12. The molecule has 0 atom stereocenters. The van der Waals surface area contributed by atoms with Crippen LogP contribution in [0, 0.1) is 0 Å². The standard InChI is InChI=1S/C24H24FN5O2/c1-15(25)23(31)29-20-5-3-4-16-6-7-17(14-19(16)20)22-26-11-8-21(28-22)24(32)27-18-9-12-30(2)13-10-18/h3-8,11,14,18H,1,9-10,12-13H2,2H3,(H,27,32)(H,29,31). The number of nitrogens with zero attached hydrogens (tertiary/aromatic N) is 3. The number of fused-ring (bicyclic) bond motifs is 1. The quantitative estimate of drug-likeness (QED) is 0.601. The van der Waals surface area contributed by atoms with Gasteiger partial charge in [0.2, 0.25) is 0 Å². The summed E-state index contributed by atoms with van der Waals surface area (Å²) < 4.78 is 13.2. The molecule has 2 aromatic carbocycles. The molecule has 7 nitrogen and oxygen atoms in total. The van der Waals surface area contributed by atoms with Crippen molar-refractivity contribution in [3.63, 3.8) is 0 Å². The molecule has 2 N–H and O–H groups in total. The third kappa shape index (κ3) is 4.81. The van der Waals surface area contributed by atoms with Gasteiger partial charge in [-0.05, 0) is 56.6 Å². The monoisotopic (exact) mass is 433 g/mol. The van der Waals surface area contributed by atoms with E-state index in [1.807, 2.05) is 18.2 Å². The van der Waals surface area contributed by atoms with Crippen LogP contribution in [0.2, 0.25) is 0 Å². The summed E-state index contributed by atoms with van der Waals surface area (Å²) in [5.74, 6) is -1.80.